The highest BCUT2D eigenvalue weighted by Crippen LogP contribution is 2.21. The van der Waals surface area contributed by atoms with Crippen LogP contribution in [-0.2, 0) is 18.4 Å². The molecule has 0 saturated carbocycles. The Kier molecular flexibility index (Phi) is 7.65. The minimum atomic E-state index is -0.314. The Labute approximate surface area is 160 Å². The first kappa shape index (κ1) is 21.2. The van der Waals surface area contributed by atoms with Crippen LogP contribution in [0, 0.1) is 5.92 Å². The first-order chi connectivity index (χ1) is 12.9. The fourth-order valence-electron chi connectivity index (χ4n) is 3.64. The smallest absolute Gasteiger partial charge is 0.332 e. The molecular weight excluding hydrogens is 346 g/mol. The number of rotatable bonds is 8. The SMILES string of the molecule is CCN(CC)CCNC(=O)C1CCCN(c2cc(=O)n(C)c(=O)n2CC)C1. The van der Waals surface area contributed by atoms with Crippen LogP contribution in [0.1, 0.15) is 33.6 Å². The normalized spacial score (nSPS) is 17.4. The van der Waals surface area contributed by atoms with Gasteiger partial charge >= 0.3 is 5.69 Å². The average molecular weight is 380 g/mol. The lowest BCUT2D eigenvalue weighted by atomic mass is 9.97. The highest BCUT2D eigenvalue weighted by atomic mass is 16.2. The van der Waals surface area contributed by atoms with Crippen LogP contribution >= 0.6 is 0 Å². The molecule has 0 aliphatic carbocycles. The zero-order chi connectivity index (χ0) is 20.0. The molecule has 2 heterocycles. The van der Waals surface area contributed by atoms with Crippen molar-refractivity contribution in [2.75, 3.05) is 44.2 Å². The maximum atomic E-state index is 12.6. The van der Waals surface area contributed by atoms with Crippen molar-refractivity contribution in [2.45, 2.75) is 40.2 Å². The highest BCUT2D eigenvalue weighted by Gasteiger charge is 2.27. The maximum Gasteiger partial charge on any atom is 0.332 e. The Hall–Kier alpha value is -2.09. The Balaban J connectivity index is 2.07. The third kappa shape index (κ3) is 5.00. The van der Waals surface area contributed by atoms with E-state index in [4.69, 9.17) is 0 Å². The minimum Gasteiger partial charge on any atom is -0.357 e. The van der Waals surface area contributed by atoms with Gasteiger partial charge < -0.3 is 15.1 Å². The van der Waals surface area contributed by atoms with E-state index < -0.39 is 0 Å². The van der Waals surface area contributed by atoms with E-state index >= 15 is 0 Å². The summed E-state index contributed by atoms with van der Waals surface area (Å²) in [6, 6.07) is 1.51. The van der Waals surface area contributed by atoms with Gasteiger partial charge in [-0.1, -0.05) is 13.8 Å². The number of carbonyl (C=O) groups is 1. The lowest BCUT2D eigenvalue weighted by Crippen LogP contribution is -2.47. The quantitative estimate of drug-likeness (QED) is 0.700. The largest absolute Gasteiger partial charge is 0.357 e. The predicted octanol–water partition coefficient (Wildman–Crippen LogP) is 0.241. The predicted molar refractivity (Wildman–Crippen MR) is 107 cm³/mol. The minimum absolute atomic E-state index is 0.0566. The number of piperidine rings is 1. The lowest BCUT2D eigenvalue weighted by Gasteiger charge is -2.34. The number of aromatic nitrogens is 2. The summed E-state index contributed by atoms with van der Waals surface area (Å²) in [5.41, 5.74) is -0.628. The summed E-state index contributed by atoms with van der Waals surface area (Å²) in [4.78, 5) is 41.3. The van der Waals surface area contributed by atoms with Crippen molar-refractivity contribution in [3.63, 3.8) is 0 Å². The van der Waals surface area contributed by atoms with Crippen molar-refractivity contribution < 1.29 is 4.79 Å². The van der Waals surface area contributed by atoms with Gasteiger partial charge in [-0.25, -0.2) is 4.79 Å². The summed E-state index contributed by atoms with van der Waals surface area (Å²) >= 11 is 0. The second-order valence-corrected chi connectivity index (χ2v) is 7.03. The average Bonchev–Trinajstić information content (AvgIpc) is 2.69. The first-order valence-electron chi connectivity index (χ1n) is 9.98. The van der Waals surface area contributed by atoms with E-state index in [9.17, 15) is 14.4 Å². The number of nitrogens with zero attached hydrogens (tertiary/aromatic N) is 4. The van der Waals surface area contributed by atoms with Crippen LogP contribution in [0.25, 0.3) is 0 Å². The molecule has 8 heteroatoms. The van der Waals surface area contributed by atoms with E-state index in [2.05, 4.69) is 24.1 Å². The van der Waals surface area contributed by atoms with Crippen molar-refractivity contribution in [3.05, 3.63) is 26.9 Å². The topological polar surface area (TPSA) is 79.6 Å². The Morgan fingerprint density at radius 1 is 1.26 bits per heavy atom. The number of amides is 1. The van der Waals surface area contributed by atoms with Gasteiger partial charge in [-0.15, -0.1) is 0 Å². The Bertz CT molecular complexity index is 751. The van der Waals surface area contributed by atoms with Crippen molar-refractivity contribution >= 4 is 11.7 Å². The van der Waals surface area contributed by atoms with Gasteiger partial charge in [0.2, 0.25) is 5.91 Å². The number of hydrogen-bond acceptors (Lipinski definition) is 5. The van der Waals surface area contributed by atoms with E-state index in [0.717, 1.165) is 43.6 Å². The molecule has 0 aromatic carbocycles. The van der Waals surface area contributed by atoms with Crippen LogP contribution in [0.3, 0.4) is 0 Å². The van der Waals surface area contributed by atoms with Crippen LogP contribution in [0.15, 0.2) is 15.7 Å². The summed E-state index contributed by atoms with van der Waals surface area (Å²) in [7, 11) is 1.49. The lowest BCUT2D eigenvalue weighted by molar-refractivity contribution is -0.125. The van der Waals surface area contributed by atoms with Gasteiger partial charge in [-0.05, 0) is 32.9 Å². The highest BCUT2D eigenvalue weighted by molar-refractivity contribution is 5.79. The summed E-state index contributed by atoms with van der Waals surface area (Å²) < 4.78 is 2.72. The third-order valence-corrected chi connectivity index (χ3v) is 5.43. The molecule has 1 amide bonds. The van der Waals surface area contributed by atoms with Crippen LogP contribution in [0.5, 0.6) is 0 Å². The van der Waals surface area contributed by atoms with Gasteiger partial charge in [-0.3, -0.25) is 18.7 Å². The number of nitrogens with one attached hydrogen (secondary N) is 1. The zero-order valence-electron chi connectivity index (χ0n) is 17.0. The molecule has 8 nitrogen and oxygen atoms in total. The van der Waals surface area contributed by atoms with Crippen LogP contribution in [-0.4, -0.2) is 59.2 Å². The maximum absolute atomic E-state index is 12.6. The molecule has 152 valence electrons. The van der Waals surface area contributed by atoms with Gasteiger partial charge in [0.05, 0.1) is 5.92 Å². The molecule has 1 aliphatic rings. The zero-order valence-corrected chi connectivity index (χ0v) is 17.0. The fraction of sp³-hybridized carbons (Fsp3) is 0.737. The molecule has 0 bridgehead atoms. The Morgan fingerprint density at radius 2 is 1.96 bits per heavy atom. The van der Waals surface area contributed by atoms with Crippen LogP contribution in [0.2, 0.25) is 0 Å². The molecule has 0 radical (unpaired) electrons. The molecule has 1 aromatic rings. The van der Waals surface area contributed by atoms with Crippen LogP contribution < -0.4 is 21.5 Å². The second kappa shape index (κ2) is 9.73. The molecule has 1 fully saturated rings. The van der Waals surface area contributed by atoms with Crippen molar-refractivity contribution in [1.29, 1.82) is 0 Å². The molecule has 1 aromatic heterocycles. The summed E-state index contributed by atoms with van der Waals surface area (Å²) in [6.07, 6.45) is 1.69. The molecule has 1 unspecified atom stereocenters. The van der Waals surface area contributed by atoms with Gasteiger partial charge in [0.15, 0.2) is 0 Å². The third-order valence-electron chi connectivity index (χ3n) is 5.43. The van der Waals surface area contributed by atoms with Gasteiger partial charge in [0, 0.05) is 45.8 Å². The van der Waals surface area contributed by atoms with Crippen molar-refractivity contribution in [3.8, 4) is 0 Å². The molecule has 1 saturated heterocycles. The standard InChI is InChI=1S/C19H33N5O3/c1-5-22(6-2)12-10-20-18(26)15-9-8-11-23(14-15)16-13-17(25)21(4)19(27)24(16)7-3/h13,15H,5-12,14H2,1-4H3,(H,20,26). The molecule has 27 heavy (non-hydrogen) atoms. The van der Waals surface area contributed by atoms with E-state index in [1.54, 1.807) is 4.57 Å². The first-order valence-corrected chi connectivity index (χ1v) is 9.98. The van der Waals surface area contributed by atoms with E-state index in [0.29, 0.717) is 25.5 Å². The Morgan fingerprint density at radius 3 is 2.59 bits per heavy atom. The molecule has 1 atom stereocenters. The number of likely N-dealkylation sites (N-methyl/N-ethyl adjacent to an activating group) is 1. The van der Waals surface area contributed by atoms with E-state index in [1.165, 1.54) is 13.1 Å². The van der Waals surface area contributed by atoms with E-state index in [1.807, 2.05) is 11.8 Å². The van der Waals surface area contributed by atoms with E-state index in [-0.39, 0.29) is 23.1 Å². The molecule has 1 aliphatic heterocycles. The number of hydrogen-bond donors (Lipinski definition) is 1. The van der Waals surface area contributed by atoms with Crippen LogP contribution in [0.4, 0.5) is 5.82 Å². The number of anilines is 1. The molecular formula is C19H33N5O3. The van der Waals surface area contributed by atoms with Gasteiger partial charge in [0.1, 0.15) is 5.82 Å². The summed E-state index contributed by atoms with van der Waals surface area (Å²) in [6.45, 7) is 11.3. The monoisotopic (exact) mass is 379 g/mol. The molecule has 2 rings (SSSR count). The summed E-state index contributed by atoms with van der Waals surface area (Å²) in [5, 5.41) is 3.04. The van der Waals surface area contributed by atoms with Gasteiger partial charge in [0.25, 0.3) is 5.56 Å². The number of carbonyl (C=O) groups excluding carboxylic acids is 1. The fourth-order valence-corrected chi connectivity index (χ4v) is 3.64. The van der Waals surface area contributed by atoms with Crippen molar-refractivity contribution in [2.24, 2.45) is 13.0 Å². The second-order valence-electron chi connectivity index (χ2n) is 7.03. The molecule has 0 spiro atoms. The van der Waals surface area contributed by atoms with Crippen molar-refractivity contribution in [1.82, 2.24) is 19.4 Å². The molecule has 1 N–H and O–H groups in total. The van der Waals surface area contributed by atoms with Gasteiger partial charge in [-0.2, -0.15) is 0 Å². The summed E-state index contributed by atoms with van der Waals surface area (Å²) in [5.74, 6) is 0.548.